The molecule has 0 bridgehead atoms. The number of halogens is 1. The van der Waals surface area contributed by atoms with Gasteiger partial charge in [-0.05, 0) is 37.3 Å². The van der Waals surface area contributed by atoms with Gasteiger partial charge in [-0.15, -0.1) is 11.8 Å². The first-order valence-electron chi connectivity index (χ1n) is 6.98. The van der Waals surface area contributed by atoms with Crippen LogP contribution in [0.4, 0.5) is 0 Å². The Morgan fingerprint density at radius 3 is 2.95 bits per heavy atom. The summed E-state index contributed by atoms with van der Waals surface area (Å²) in [7, 11) is 1.70. The van der Waals surface area contributed by atoms with E-state index in [4.69, 9.17) is 22.1 Å². The van der Waals surface area contributed by atoms with Gasteiger partial charge in [0.25, 0.3) is 5.91 Å². The van der Waals surface area contributed by atoms with Gasteiger partial charge < -0.3 is 15.4 Å². The van der Waals surface area contributed by atoms with Crippen molar-refractivity contribution in [3.05, 3.63) is 28.8 Å². The number of hydrogen-bond acceptors (Lipinski definition) is 4. The lowest BCUT2D eigenvalue weighted by Gasteiger charge is -2.38. The van der Waals surface area contributed by atoms with E-state index in [2.05, 4.69) is 0 Å². The minimum Gasteiger partial charge on any atom is -0.381 e. The zero-order valence-corrected chi connectivity index (χ0v) is 13.9. The lowest BCUT2D eigenvalue weighted by molar-refractivity contribution is 0.0139. The summed E-state index contributed by atoms with van der Waals surface area (Å²) in [6.07, 6.45) is 3.76. The number of nitrogens with two attached hydrogens (primary N) is 1. The van der Waals surface area contributed by atoms with E-state index in [0.717, 1.165) is 17.7 Å². The maximum Gasteiger partial charge on any atom is 0.255 e. The van der Waals surface area contributed by atoms with E-state index < -0.39 is 0 Å². The van der Waals surface area contributed by atoms with E-state index in [9.17, 15) is 4.79 Å². The number of carbonyl (C=O) groups is 1. The van der Waals surface area contributed by atoms with Crippen LogP contribution in [-0.2, 0) is 4.74 Å². The Morgan fingerprint density at radius 2 is 2.33 bits per heavy atom. The van der Waals surface area contributed by atoms with Crippen molar-refractivity contribution in [2.75, 3.05) is 26.5 Å². The number of benzene rings is 1. The number of hydrogen-bond donors (Lipinski definition) is 1. The van der Waals surface area contributed by atoms with Gasteiger partial charge in [0.15, 0.2) is 0 Å². The number of rotatable bonds is 4. The molecule has 1 aliphatic rings. The molecule has 1 heterocycles. The summed E-state index contributed by atoms with van der Waals surface area (Å²) < 4.78 is 5.39. The second-order valence-corrected chi connectivity index (χ2v) is 6.40. The van der Waals surface area contributed by atoms with E-state index in [-0.39, 0.29) is 18.1 Å². The maximum absolute atomic E-state index is 12.8. The predicted octanol–water partition coefficient (Wildman–Crippen LogP) is 2.64. The van der Waals surface area contributed by atoms with Gasteiger partial charge in [-0.3, -0.25) is 4.79 Å². The van der Waals surface area contributed by atoms with E-state index in [1.807, 2.05) is 23.3 Å². The molecule has 0 spiro atoms. The molecule has 4 nitrogen and oxygen atoms in total. The van der Waals surface area contributed by atoms with Crippen LogP contribution in [0.25, 0.3) is 0 Å². The van der Waals surface area contributed by atoms with Gasteiger partial charge in [0.2, 0.25) is 0 Å². The Labute approximate surface area is 135 Å². The number of nitrogens with zero attached hydrogens (tertiary/aromatic N) is 1. The zero-order chi connectivity index (χ0) is 15.4. The van der Waals surface area contributed by atoms with Crippen LogP contribution in [0.2, 0.25) is 5.02 Å². The first-order valence-corrected chi connectivity index (χ1v) is 8.58. The van der Waals surface area contributed by atoms with Crippen molar-refractivity contribution in [3.63, 3.8) is 0 Å². The van der Waals surface area contributed by atoms with Crippen LogP contribution in [0.1, 0.15) is 23.2 Å². The van der Waals surface area contributed by atoms with E-state index in [1.165, 1.54) is 0 Å². The second-order valence-electron chi connectivity index (χ2n) is 5.12. The Kier molecular flexibility index (Phi) is 5.93. The van der Waals surface area contributed by atoms with Crippen molar-refractivity contribution in [1.29, 1.82) is 0 Å². The molecule has 0 radical (unpaired) electrons. The minimum absolute atomic E-state index is 0.00482. The Bertz CT molecular complexity index is 512. The second kappa shape index (κ2) is 7.49. The van der Waals surface area contributed by atoms with Crippen molar-refractivity contribution in [2.24, 2.45) is 5.73 Å². The summed E-state index contributed by atoms with van der Waals surface area (Å²) in [5, 5.41) is 0.488. The number of ether oxygens (including phenoxy) is 1. The quantitative estimate of drug-likeness (QED) is 0.863. The van der Waals surface area contributed by atoms with Crippen molar-refractivity contribution >= 4 is 29.3 Å². The number of thioether (sulfide) groups is 1. The number of likely N-dealkylation sites (tertiary alicyclic amines) is 1. The lowest BCUT2D eigenvalue weighted by atomic mass is 9.98. The average Bonchev–Trinajstić information content (AvgIpc) is 2.54. The fraction of sp³-hybridized carbons (Fsp3) is 0.533. The highest BCUT2D eigenvalue weighted by molar-refractivity contribution is 7.98. The Morgan fingerprint density at radius 1 is 1.57 bits per heavy atom. The summed E-state index contributed by atoms with van der Waals surface area (Å²) in [6.45, 7) is 1.09. The molecule has 0 saturated carbocycles. The van der Waals surface area contributed by atoms with Gasteiger partial charge in [-0.25, -0.2) is 0 Å². The third kappa shape index (κ3) is 3.72. The molecule has 2 N–H and O–H groups in total. The number of methoxy groups -OCH3 is 1. The highest BCUT2D eigenvalue weighted by Crippen LogP contribution is 2.27. The predicted molar refractivity (Wildman–Crippen MR) is 87.1 cm³/mol. The van der Waals surface area contributed by atoms with Gasteiger partial charge in [0.1, 0.15) is 0 Å². The van der Waals surface area contributed by atoms with Gasteiger partial charge in [0.05, 0.1) is 16.7 Å². The standard InChI is InChI=1S/C15H21ClN2O2S/c1-20-11-5-6-18(10(7-11)9-17)15(19)13-8-12(21-2)3-4-14(13)16/h3-4,8,10-11H,5-7,9,17H2,1-2H3. The molecule has 1 aromatic rings. The average molecular weight is 329 g/mol. The molecule has 2 unspecified atom stereocenters. The SMILES string of the molecule is COC1CCN(C(=O)c2cc(SC)ccc2Cl)C(CN)C1. The molecule has 0 aromatic heterocycles. The number of amides is 1. The largest absolute Gasteiger partial charge is 0.381 e. The molecule has 116 valence electrons. The first kappa shape index (κ1) is 16.6. The van der Waals surface area contributed by atoms with E-state index in [1.54, 1.807) is 24.9 Å². The fourth-order valence-corrected chi connectivity index (χ4v) is 3.31. The maximum atomic E-state index is 12.8. The van der Waals surface area contributed by atoms with Gasteiger partial charge in [-0.2, -0.15) is 0 Å². The van der Waals surface area contributed by atoms with Crippen LogP contribution in [0, 0.1) is 0 Å². The van der Waals surface area contributed by atoms with Crippen molar-refractivity contribution < 1.29 is 9.53 Å². The summed E-state index contributed by atoms with van der Waals surface area (Å²) in [5.41, 5.74) is 6.39. The lowest BCUT2D eigenvalue weighted by Crippen LogP contribution is -2.51. The molecule has 1 aliphatic heterocycles. The summed E-state index contributed by atoms with van der Waals surface area (Å²) in [6, 6.07) is 5.55. The van der Waals surface area contributed by atoms with Crippen LogP contribution in [0.3, 0.4) is 0 Å². The molecule has 0 aliphatic carbocycles. The molecular weight excluding hydrogens is 308 g/mol. The van der Waals surface area contributed by atoms with E-state index >= 15 is 0 Å². The Hall–Kier alpha value is -0.750. The molecular formula is C15H21ClN2O2S. The molecule has 1 saturated heterocycles. The van der Waals surface area contributed by atoms with Crippen molar-refractivity contribution in [1.82, 2.24) is 4.90 Å². The van der Waals surface area contributed by atoms with Crippen LogP contribution in [0.15, 0.2) is 23.1 Å². The number of piperidine rings is 1. The Balaban J connectivity index is 2.22. The summed E-state index contributed by atoms with van der Waals surface area (Å²) >= 11 is 7.79. The minimum atomic E-state index is -0.0408. The third-order valence-electron chi connectivity index (χ3n) is 3.94. The topological polar surface area (TPSA) is 55.6 Å². The molecule has 6 heteroatoms. The van der Waals surface area contributed by atoms with Crippen LogP contribution in [-0.4, -0.2) is 49.4 Å². The zero-order valence-electron chi connectivity index (χ0n) is 12.3. The fourth-order valence-electron chi connectivity index (χ4n) is 2.67. The highest BCUT2D eigenvalue weighted by Gasteiger charge is 2.32. The van der Waals surface area contributed by atoms with Gasteiger partial charge in [0, 0.05) is 31.1 Å². The first-order chi connectivity index (χ1) is 10.1. The molecule has 2 rings (SSSR count). The smallest absolute Gasteiger partial charge is 0.255 e. The summed E-state index contributed by atoms with van der Waals surface area (Å²) in [4.78, 5) is 15.6. The van der Waals surface area contributed by atoms with Gasteiger partial charge >= 0.3 is 0 Å². The molecule has 1 fully saturated rings. The van der Waals surface area contributed by atoms with Crippen LogP contribution in [0.5, 0.6) is 0 Å². The summed E-state index contributed by atoms with van der Waals surface area (Å²) in [5.74, 6) is -0.0408. The highest BCUT2D eigenvalue weighted by atomic mass is 35.5. The van der Waals surface area contributed by atoms with E-state index in [0.29, 0.717) is 23.7 Å². The van der Waals surface area contributed by atoms with Crippen LogP contribution < -0.4 is 5.73 Å². The third-order valence-corrected chi connectivity index (χ3v) is 4.99. The molecule has 2 atom stereocenters. The number of carbonyl (C=O) groups excluding carboxylic acids is 1. The van der Waals surface area contributed by atoms with Gasteiger partial charge in [-0.1, -0.05) is 11.6 Å². The molecule has 21 heavy (non-hydrogen) atoms. The van der Waals surface area contributed by atoms with Crippen molar-refractivity contribution in [2.45, 2.75) is 29.9 Å². The molecule has 1 amide bonds. The molecule has 1 aromatic carbocycles. The van der Waals surface area contributed by atoms with Crippen molar-refractivity contribution in [3.8, 4) is 0 Å². The normalized spacial score (nSPS) is 22.4. The van der Waals surface area contributed by atoms with Crippen LogP contribution >= 0.6 is 23.4 Å². The monoisotopic (exact) mass is 328 g/mol.